The number of fused-ring (bicyclic) bond motifs is 1. The van der Waals surface area contributed by atoms with Crippen molar-refractivity contribution >= 4 is 22.8 Å². The molecule has 29 heavy (non-hydrogen) atoms. The summed E-state index contributed by atoms with van der Waals surface area (Å²) >= 11 is 6.38. The second kappa shape index (κ2) is 8.43. The van der Waals surface area contributed by atoms with Crippen LogP contribution in [0.3, 0.4) is 0 Å². The van der Waals surface area contributed by atoms with Crippen molar-refractivity contribution in [3.05, 3.63) is 35.4 Å². The van der Waals surface area contributed by atoms with Gasteiger partial charge in [0.1, 0.15) is 23.4 Å². The number of imidazole rings is 1. The van der Waals surface area contributed by atoms with Gasteiger partial charge in [0.25, 0.3) is 0 Å². The monoisotopic (exact) mass is 413 g/mol. The van der Waals surface area contributed by atoms with Gasteiger partial charge in [-0.3, -0.25) is 9.55 Å². The first kappa shape index (κ1) is 19.7. The van der Waals surface area contributed by atoms with Crippen molar-refractivity contribution in [3.8, 4) is 23.4 Å². The van der Waals surface area contributed by atoms with Crippen LogP contribution in [0, 0.1) is 11.8 Å². The molecule has 0 unspecified atom stereocenters. The van der Waals surface area contributed by atoms with E-state index in [-0.39, 0.29) is 17.6 Å². The van der Waals surface area contributed by atoms with Crippen molar-refractivity contribution < 1.29 is 14.9 Å². The first-order chi connectivity index (χ1) is 14.1. The van der Waals surface area contributed by atoms with Gasteiger partial charge in [-0.15, -0.1) is 0 Å². The van der Waals surface area contributed by atoms with Crippen LogP contribution in [0.2, 0.25) is 5.15 Å². The molecule has 3 aromatic rings. The lowest BCUT2D eigenvalue weighted by molar-refractivity contribution is -0.0153. The third-order valence-electron chi connectivity index (χ3n) is 4.63. The van der Waals surface area contributed by atoms with Crippen molar-refractivity contribution in [1.82, 2.24) is 24.5 Å². The highest BCUT2D eigenvalue weighted by molar-refractivity contribution is 6.33. The number of hydrogen-bond acceptors (Lipinski definition) is 7. The molecule has 1 saturated heterocycles. The summed E-state index contributed by atoms with van der Waals surface area (Å²) in [7, 11) is 0. The fraction of sp³-hybridized carbons (Fsp3) is 0.400. The predicted molar refractivity (Wildman–Crippen MR) is 107 cm³/mol. The van der Waals surface area contributed by atoms with Crippen LogP contribution < -0.4 is 0 Å². The topological polar surface area (TPSA) is 106 Å². The normalized spacial score (nSPS) is 21.3. The van der Waals surface area contributed by atoms with Crippen LogP contribution in [0.25, 0.3) is 22.7 Å². The van der Waals surface area contributed by atoms with Gasteiger partial charge in [0.2, 0.25) is 5.82 Å². The molecule has 1 fully saturated rings. The lowest BCUT2D eigenvalue weighted by atomic mass is 10.2. The van der Waals surface area contributed by atoms with E-state index in [2.05, 4.69) is 38.7 Å². The number of aliphatic hydroxyl groups is 2. The van der Waals surface area contributed by atoms with Crippen LogP contribution in [0.5, 0.6) is 0 Å². The van der Waals surface area contributed by atoms with E-state index in [1.165, 1.54) is 0 Å². The summed E-state index contributed by atoms with van der Waals surface area (Å²) in [5.41, 5.74) is 1.27. The zero-order valence-corrected chi connectivity index (χ0v) is 16.5. The number of hydrogen-bond donors (Lipinski definition) is 2. The Balaban J connectivity index is 1.89. The van der Waals surface area contributed by atoms with Crippen molar-refractivity contribution in [2.75, 3.05) is 6.61 Å². The Hall–Kier alpha value is -2.57. The van der Waals surface area contributed by atoms with Crippen molar-refractivity contribution in [3.63, 3.8) is 0 Å². The maximum atomic E-state index is 10.5. The Kier molecular flexibility index (Phi) is 5.74. The van der Waals surface area contributed by atoms with E-state index >= 15 is 0 Å². The van der Waals surface area contributed by atoms with E-state index < -0.39 is 18.4 Å². The summed E-state index contributed by atoms with van der Waals surface area (Å²) in [4.78, 5) is 17.7. The molecule has 0 bridgehead atoms. The third kappa shape index (κ3) is 3.82. The molecule has 3 aromatic heterocycles. The van der Waals surface area contributed by atoms with Gasteiger partial charge >= 0.3 is 0 Å². The summed E-state index contributed by atoms with van der Waals surface area (Å²) in [6.45, 7) is 2.09. The molecule has 4 heterocycles. The molecule has 0 aromatic carbocycles. The fourth-order valence-electron chi connectivity index (χ4n) is 3.13. The summed E-state index contributed by atoms with van der Waals surface area (Å²) in [6, 6.07) is 5.39. The Morgan fingerprint density at radius 3 is 2.83 bits per heavy atom. The zero-order valence-electron chi connectivity index (χ0n) is 15.8. The largest absolute Gasteiger partial charge is 0.388 e. The number of unbranched alkanes of at least 4 members (excludes halogenated alkanes) is 2. The Morgan fingerprint density at radius 1 is 1.28 bits per heavy atom. The minimum atomic E-state index is -1.15. The Labute approximate surface area is 172 Å². The van der Waals surface area contributed by atoms with E-state index in [4.69, 9.17) is 16.3 Å². The van der Waals surface area contributed by atoms with E-state index in [0.29, 0.717) is 22.7 Å². The van der Waals surface area contributed by atoms with Crippen LogP contribution in [-0.4, -0.2) is 53.5 Å². The molecule has 9 heteroatoms. The first-order valence-electron chi connectivity index (χ1n) is 9.43. The lowest BCUT2D eigenvalue weighted by Crippen LogP contribution is -2.28. The van der Waals surface area contributed by atoms with Gasteiger partial charge in [-0.05, 0) is 24.5 Å². The van der Waals surface area contributed by atoms with Gasteiger partial charge in [-0.25, -0.2) is 15.0 Å². The molecule has 0 spiro atoms. The quantitative estimate of drug-likeness (QED) is 0.384. The van der Waals surface area contributed by atoms with Gasteiger partial charge in [0, 0.05) is 12.6 Å². The molecule has 1 aliphatic rings. The van der Waals surface area contributed by atoms with Crippen LogP contribution in [0.15, 0.2) is 24.4 Å². The molecule has 0 aliphatic carbocycles. The highest BCUT2D eigenvalue weighted by Crippen LogP contribution is 2.34. The highest BCUT2D eigenvalue weighted by Gasteiger charge is 2.39. The molecule has 0 saturated carbocycles. The van der Waals surface area contributed by atoms with Gasteiger partial charge in [0.15, 0.2) is 22.9 Å². The van der Waals surface area contributed by atoms with Crippen molar-refractivity contribution in [2.24, 2.45) is 0 Å². The molecule has 1 aliphatic heterocycles. The van der Waals surface area contributed by atoms with E-state index in [1.807, 2.05) is 6.07 Å². The average Bonchev–Trinajstić information content (AvgIpc) is 3.26. The molecule has 2 N–H and O–H groups in total. The second-order valence-corrected chi connectivity index (χ2v) is 7.08. The molecule has 4 rings (SSSR count). The number of halogens is 1. The van der Waals surface area contributed by atoms with Crippen molar-refractivity contribution in [1.29, 1.82) is 0 Å². The van der Waals surface area contributed by atoms with E-state index in [9.17, 15) is 10.2 Å². The third-order valence-corrected chi connectivity index (χ3v) is 4.89. The minimum Gasteiger partial charge on any atom is -0.388 e. The molecular weight excluding hydrogens is 394 g/mol. The number of aliphatic hydroxyl groups excluding tert-OH is 2. The van der Waals surface area contributed by atoms with Crippen LogP contribution in [0.4, 0.5) is 0 Å². The number of nitrogens with zero attached hydrogens (tertiary/aromatic N) is 5. The average molecular weight is 414 g/mol. The fourth-order valence-corrected chi connectivity index (χ4v) is 3.34. The summed E-state index contributed by atoms with van der Waals surface area (Å²) in [6.07, 6.45) is 1.36. The number of pyridine rings is 1. The molecule has 8 nitrogen and oxygen atoms in total. The number of aromatic nitrogens is 5. The van der Waals surface area contributed by atoms with E-state index in [0.717, 1.165) is 19.3 Å². The second-order valence-electron chi connectivity index (χ2n) is 6.72. The Morgan fingerprint density at radius 2 is 2.14 bits per heavy atom. The number of rotatable bonds is 4. The summed E-state index contributed by atoms with van der Waals surface area (Å²) in [5, 5.41) is 20.6. The van der Waals surface area contributed by atoms with Crippen LogP contribution in [0.1, 0.15) is 38.2 Å². The molecule has 3 atom stereocenters. The highest BCUT2D eigenvalue weighted by atomic mass is 35.5. The first-order valence-corrected chi connectivity index (χ1v) is 9.81. The van der Waals surface area contributed by atoms with E-state index in [1.54, 1.807) is 22.9 Å². The molecule has 0 radical (unpaired) electrons. The minimum absolute atomic E-state index is 0.00430. The smallest absolute Gasteiger partial charge is 0.208 e. The maximum Gasteiger partial charge on any atom is 0.208 e. The maximum absolute atomic E-state index is 10.5. The molecule has 0 amide bonds. The molecular formula is C20H20ClN5O3. The van der Waals surface area contributed by atoms with Gasteiger partial charge in [0.05, 0.1) is 6.61 Å². The van der Waals surface area contributed by atoms with Crippen LogP contribution >= 0.6 is 11.6 Å². The van der Waals surface area contributed by atoms with Gasteiger partial charge < -0.3 is 14.9 Å². The SMILES string of the molecule is CCCCC#Cc1nc(Cl)c2nc(-c3ccccn3)n([C@@H]3OC[C@@H](O)[C@H]3O)c2n1. The van der Waals surface area contributed by atoms with Gasteiger partial charge in [-0.2, -0.15) is 0 Å². The van der Waals surface area contributed by atoms with Crippen LogP contribution in [-0.2, 0) is 4.74 Å². The Bertz CT molecular complexity index is 1080. The summed E-state index contributed by atoms with van der Waals surface area (Å²) < 4.78 is 7.24. The zero-order chi connectivity index (χ0) is 20.4. The lowest BCUT2D eigenvalue weighted by Gasteiger charge is -2.19. The van der Waals surface area contributed by atoms with Crippen molar-refractivity contribution in [2.45, 2.75) is 44.6 Å². The standard InChI is InChI=1S/C20H20ClN5O3/c1-2-3-4-5-9-14-23-17(21)15-19(24-14)26(20-16(28)13(27)11-29-20)18(25-15)12-8-6-7-10-22-12/h6-8,10,13,16,20,27-28H,2-4,11H2,1H3/t13-,16-,20-/m1/s1. The predicted octanol–water partition coefficient (Wildman–Crippen LogP) is 2.33. The summed E-state index contributed by atoms with van der Waals surface area (Å²) in [5.74, 6) is 6.65. The van der Waals surface area contributed by atoms with Gasteiger partial charge in [-0.1, -0.05) is 36.9 Å². The molecule has 150 valence electrons. The number of ether oxygens (including phenoxy) is 1.